The molecule has 0 aliphatic carbocycles. The largest absolute Gasteiger partial charge is 0.388 e. The zero-order valence-corrected chi connectivity index (χ0v) is 12.0. The highest BCUT2D eigenvalue weighted by Gasteiger charge is 2.33. The Balaban J connectivity index is 2.08. The molecule has 1 amide bonds. The second-order valence-electron chi connectivity index (χ2n) is 5.12. The number of amides is 1. The van der Waals surface area contributed by atoms with E-state index in [0.29, 0.717) is 26.1 Å². The van der Waals surface area contributed by atoms with Crippen molar-refractivity contribution in [2.24, 2.45) is 0 Å². The van der Waals surface area contributed by atoms with Gasteiger partial charge < -0.3 is 14.7 Å². The highest BCUT2D eigenvalue weighted by Crippen LogP contribution is 2.23. The number of benzene rings is 1. The molecule has 4 nitrogen and oxygen atoms in total. The van der Waals surface area contributed by atoms with Crippen molar-refractivity contribution in [2.75, 3.05) is 26.8 Å². The smallest absolute Gasteiger partial charge is 0.256 e. The van der Waals surface area contributed by atoms with Crippen LogP contribution in [-0.2, 0) is 4.74 Å². The van der Waals surface area contributed by atoms with Crippen LogP contribution in [0.5, 0.6) is 0 Å². The number of ether oxygens (including phenoxy) is 1. The van der Waals surface area contributed by atoms with E-state index in [1.807, 2.05) is 0 Å². The molecular formula is C14H17ClFNO3. The number of carbonyl (C=O) groups excluding carboxylic acids is 1. The molecule has 0 spiro atoms. The van der Waals surface area contributed by atoms with Crippen molar-refractivity contribution in [1.82, 2.24) is 4.90 Å². The lowest BCUT2D eigenvalue weighted by molar-refractivity contribution is -0.0734. The lowest BCUT2D eigenvalue weighted by Crippen LogP contribution is -2.47. The third-order valence-electron chi connectivity index (χ3n) is 3.46. The maximum absolute atomic E-state index is 13.7. The van der Waals surface area contributed by atoms with Gasteiger partial charge in [0, 0.05) is 44.7 Å². The van der Waals surface area contributed by atoms with Crippen LogP contribution in [0.4, 0.5) is 4.39 Å². The fraction of sp³-hybridized carbons (Fsp3) is 0.500. The van der Waals surface area contributed by atoms with E-state index in [0.717, 1.165) is 6.07 Å². The van der Waals surface area contributed by atoms with Crippen LogP contribution in [0.25, 0.3) is 0 Å². The monoisotopic (exact) mass is 301 g/mol. The van der Waals surface area contributed by atoms with E-state index in [4.69, 9.17) is 16.3 Å². The molecule has 1 aliphatic heterocycles. The van der Waals surface area contributed by atoms with Crippen LogP contribution < -0.4 is 0 Å². The first-order valence-electron chi connectivity index (χ1n) is 6.42. The molecule has 2 rings (SSSR count). The number of halogens is 2. The molecule has 0 atom stereocenters. The second-order valence-corrected chi connectivity index (χ2v) is 5.56. The molecule has 1 aromatic carbocycles. The van der Waals surface area contributed by atoms with Gasteiger partial charge in [-0.1, -0.05) is 11.6 Å². The molecule has 0 unspecified atom stereocenters. The van der Waals surface area contributed by atoms with E-state index in [1.54, 1.807) is 7.05 Å². The summed E-state index contributed by atoms with van der Waals surface area (Å²) in [6.07, 6.45) is 0.932. The van der Waals surface area contributed by atoms with Gasteiger partial charge >= 0.3 is 0 Å². The average Bonchev–Trinajstić information content (AvgIpc) is 2.38. The third-order valence-corrected chi connectivity index (χ3v) is 3.70. The quantitative estimate of drug-likeness (QED) is 0.930. The molecule has 1 fully saturated rings. The standard InChI is InChI=1S/C14H17ClFNO3/c1-17(9-14(19)4-6-20-7-5-14)13(18)11-3-2-10(15)8-12(11)16/h2-3,8,19H,4-7,9H2,1H3. The molecular weight excluding hydrogens is 285 g/mol. The first kappa shape index (κ1) is 15.2. The van der Waals surface area contributed by atoms with Gasteiger partial charge in [-0.2, -0.15) is 0 Å². The fourth-order valence-electron chi connectivity index (χ4n) is 2.29. The van der Waals surface area contributed by atoms with E-state index in [2.05, 4.69) is 0 Å². The lowest BCUT2D eigenvalue weighted by atomic mass is 9.93. The normalized spacial score (nSPS) is 17.8. The highest BCUT2D eigenvalue weighted by atomic mass is 35.5. The fourth-order valence-corrected chi connectivity index (χ4v) is 2.45. The van der Waals surface area contributed by atoms with Gasteiger partial charge in [0.05, 0.1) is 11.2 Å². The summed E-state index contributed by atoms with van der Waals surface area (Å²) in [6.45, 7) is 1.08. The van der Waals surface area contributed by atoms with Crippen LogP contribution >= 0.6 is 11.6 Å². The predicted octanol–water partition coefficient (Wildman–Crippen LogP) is 2.09. The van der Waals surface area contributed by atoms with E-state index >= 15 is 0 Å². The van der Waals surface area contributed by atoms with Crippen molar-refractivity contribution in [3.05, 3.63) is 34.6 Å². The van der Waals surface area contributed by atoms with E-state index in [1.165, 1.54) is 17.0 Å². The summed E-state index contributed by atoms with van der Waals surface area (Å²) in [7, 11) is 1.55. The number of hydrogen-bond acceptors (Lipinski definition) is 3. The number of hydrogen-bond donors (Lipinski definition) is 1. The molecule has 1 aliphatic rings. The minimum absolute atomic E-state index is 0.0486. The second kappa shape index (κ2) is 6.08. The maximum atomic E-state index is 13.7. The lowest BCUT2D eigenvalue weighted by Gasteiger charge is -2.35. The Morgan fingerprint density at radius 1 is 1.50 bits per heavy atom. The molecule has 1 saturated heterocycles. The summed E-state index contributed by atoms with van der Waals surface area (Å²) >= 11 is 5.66. The highest BCUT2D eigenvalue weighted by molar-refractivity contribution is 6.30. The van der Waals surface area contributed by atoms with Gasteiger partial charge in [0.25, 0.3) is 5.91 Å². The van der Waals surface area contributed by atoms with Gasteiger partial charge in [0.1, 0.15) is 5.82 Å². The van der Waals surface area contributed by atoms with Crippen LogP contribution in [0, 0.1) is 5.82 Å². The van der Waals surface area contributed by atoms with Crippen LogP contribution in [0.1, 0.15) is 23.2 Å². The van der Waals surface area contributed by atoms with Crippen molar-refractivity contribution < 1.29 is 19.0 Å². The van der Waals surface area contributed by atoms with Gasteiger partial charge in [0.15, 0.2) is 0 Å². The molecule has 0 radical (unpaired) electrons. The van der Waals surface area contributed by atoms with Gasteiger partial charge in [0.2, 0.25) is 0 Å². The maximum Gasteiger partial charge on any atom is 0.256 e. The molecule has 0 bridgehead atoms. The molecule has 0 aromatic heterocycles. The third kappa shape index (κ3) is 3.48. The van der Waals surface area contributed by atoms with Crippen LogP contribution in [0.3, 0.4) is 0 Å². The molecule has 1 heterocycles. The Hall–Kier alpha value is -1.17. The van der Waals surface area contributed by atoms with Gasteiger partial charge in [-0.25, -0.2) is 4.39 Å². The number of carbonyl (C=O) groups is 1. The average molecular weight is 302 g/mol. The zero-order chi connectivity index (χ0) is 14.8. The molecule has 110 valence electrons. The SMILES string of the molecule is CN(CC1(O)CCOCC1)C(=O)c1ccc(Cl)cc1F. The van der Waals surface area contributed by atoms with Gasteiger partial charge in [-0.05, 0) is 18.2 Å². The van der Waals surface area contributed by atoms with Crippen molar-refractivity contribution in [2.45, 2.75) is 18.4 Å². The Labute approximate surface area is 122 Å². The summed E-state index contributed by atoms with van der Waals surface area (Å²) in [5.41, 5.74) is -1.02. The van der Waals surface area contributed by atoms with Crippen molar-refractivity contribution in [3.63, 3.8) is 0 Å². The van der Waals surface area contributed by atoms with Crippen LogP contribution in [0.2, 0.25) is 5.02 Å². The topological polar surface area (TPSA) is 49.8 Å². The van der Waals surface area contributed by atoms with E-state index < -0.39 is 17.3 Å². The van der Waals surface area contributed by atoms with Crippen molar-refractivity contribution in [3.8, 4) is 0 Å². The van der Waals surface area contributed by atoms with Crippen LogP contribution in [0.15, 0.2) is 18.2 Å². The molecule has 1 N–H and O–H groups in total. The van der Waals surface area contributed by atoms with E-state index in [-0.39, 0.29) is 17.1 Å². The summed E-state index contributed by atoms with van der Waals surface area (Å²) in [5, 5.41) is 10.6. The summed E-state index contributed by atoms with van der Waals surface area (Å²) in [5.74, 6) is -1.13. The van der Waals surface area contributed by atoms with Gasteiger partial charge in [-0.3, -0.25) is 4.79 Å². The first-order chi connectivity index (χ1) is 9.41. The summed E-state index contributed by atoms with van der Waals surface area (Å²) in [4.78, 5) is 13.5. The Morgan fingerprint density at radius 3 is 2.75 bits per heavy atom. The molecule has 1 aromatic rings. The Morgan fingerprint density at radius 2 is 2.15 bits per heavy atom. The Bertz CT molecular complexity index is 503. The predicted molar refractivity (Wildman–Crippen MR) is 73.4 cm³/mol. The minimum atomic E-state index is -0.967. The van der Waals surface area contributed by atoms with Gasteiger partial charge in [-0.15, -0.1) is 0 Å². The number of aliphatic hydroxyl groups is 1. The first-order valence-corrected chi connectivity index (χ1v) is 6.80. The van der Waals surface area contributed by atoms with Crippen LogP contribution in [-0.4, -0.2) is 48.3 Å². The number of likely N-dealkylation sites (N-methyl/N-ethyl adjacent to an activating group) is 1. The zero-order valence-electron chi connectivity index (χ0n) is 11.2. The molecule has 0 saturated carbocycles. The molecule has 20 heavy (non-hydrogen) atoms. The number of rotatable bonds is 3. The Kier molecular flexibility index (Phi) is 4.62. The number of nitrogens with zero attached hydrogens (tertiary/aromatic N) is 1. The van der Waals surface area contributed by atoms with E-state index in [9.17, 15) is 14.3 Å². The molecule has 6 heteroatoms. The van der Waals surface area contributed by atoms with Crippen molar-refractivity contribution >= 4 is 17.5 Å². The summed E-state index contributed by atoms with van der Waals surface area (Å²) in [6, 6.07) is 3.92. The minimum Gasteiger partial charge on any atom is -0.388 e. The van der Waals surface area contributed by atoms with Crippen molar-refractivity contribution in [1.29, 1.82) is 0 Å². The summed E-state index contributed by atoms with van der Waals surface area (Å²) < 4.78 is 18.9.